The first kappa shape index (κ1) is 22.3. The molecule has 2 N–H and O–H groups in total. The summed E-state index contributed by atoms with van der Waals surface area (Å²) in [5.74, 6) is 0.627. The lowest BCUT2D eigenvalue weighted by atomic mass is 10.0. The third-order valence-corrected chi connectivity index (χ3v) is 7.26. The van der Waals surface area contributed by atoms with Gasteiger partial charge in [0.1, 0.15) is 4.90 Å². The number of aryl methyl sites for hydroxylation is 1. The Bertz CT molecular complexity index is 1380. The van der Waals surface area contributed by atoms with E-state index in [9.17, 15) is 8.42 Å². The zero-order chi connectivity index (χ0) is 23.5. The van der Waals surface area contributed by atoms with Crippen LogP contribution in [0.15, 0.2) is 71.9 Å². The summed E-state index contributed by atoms with van der Waals surface area (Å²) in [5, 5.41) is 7.43. The van der Waals surface area contributed by atoms with Crippen LogP contribution in [0.3, 0.4) is 0 Å². The molecular formula is C24H27N7O2S. The molecule has 1 fully saturated rings. The third kappa shape index (κ3) is 5.02. The largest absolute Gasteiger partial charge is 0.364 e. The molecule has 4 aromatic rings. The zero-order valence-electron chi connectivity index (χ0n) is 18.9. The monoisotopic (exact) mass is 477 g/mol. The van der Waals surface area contributed by atoms with Gasteiger partial charge in [0, 0.05) is 38.9 Å². The third-order valence-electron chi connectivity index (χ3n) is 5.97. The van der Waals surface area contributed by atoms with E-state index in [1.165, 1.54) is 22.6 Å². The summed E-state index contributed by atoms with van der Waals surface area (Å²) in [6.07, 6.45) is 4.62. The molecule has 0 unspecified atom stereocenters. The lowest BCUT2D eigenvalue weighted by Crippen LogP contribution is -2.39. The Morgan fingerprint density at radius 3 is 2.24 bits per heavy atom. The summed E-state index contributed by atoms with van der Waals surface area (Å²) in [4.78, 5) is 11.8. The van der Waals surface area contributed by atoms with Gasteiger partial charge in [0.15, 0.2) is 11.6 Å². The highest BCUT2D eigenvalue weighted by molar-refractivity contribution is 7.92. The number of piperidine rings is 1. The summed E-state index contributed by atoms with van der Waals surface area (Å²) in [5.41, 5.74) is 2.63. The first-order valence-corrected chi connectivity index (χ1v) is 12.8. The Hall–Kier alpha value is -3.50. The lowest BCUT2D eigenvalue weighted by Gasteiger charge is -2.32. The van der Waals surface area contributed by atoms with E-state index < -0.39 is 10.0 Å². The first-order chi connectivity index (χ1) is 16.5. The number of nitrogens with one attached hydrogen (secondary N) is 2. The number of nitrogens with zero attached hydrogens (tertiary/aromatic N) is 5. The maximum absolute atomic E-state index is 12.9. The molecule has 0 aliphatic carbocycles. The number of fused-ring (bicyclic) bond motifs is 1. The molecule has 3 heterocycles. The van der Waals surface area contributed by atoms with Crippen molar-refractivity contribution in [3.63, 3.8) is 0 Å². The Labute approximate surface area is 198 Å². The minimum atomic E-state index is -3.85. The van der Waals surface area contributed by atoms with Gasteiger partial charge in [-0.15, -0.1) is 0 Å². The molecule has 2 aromatic carbocycles. The van der Waals surface area contributed by atoms with Gasteiger partial charge in [0.2, 0.25) is 0 Å². The van der Waals surface area contributed by atoms with Gasteiger partial charge >= 0.3 is 0 Å². The number of hydrogen-bond acceptors (Lipinski definition) is 7. The fraction of sp³-hybridized carbons (Fsp3) is 0.292. The highest BCUT2D eigenvalue weighted by Gasteiger charge is 2.24. The van der Waals surface area contributed by atoms with Crippen LogP contribution in [0.2, 0.25) is 0 Å². The van der Waals surface area contributed by atoms with Crippen molar-refractivity contribution in [3.8, 4) is 0 Å². The van der Waals surface area contributed by atoms with Crippen LogP contribution < -0.4 is 10.0 Å². The second-order valence-corrected chi connectivity index (χ2v) is 10.2. The Morgan fingerprint density at radius 1 is 0.941 bits per heavy atom. The first-order valence-electron chi connectivity index (χ1n) is 11.3. The SMILES string of the molecule is Cn1cc(S(=O)(=O)Nc2nc3ccccc3nc2NC2CCN(Cc3ccccc3)CC2)cn1. The average molecular weight is 478 g/mol. The molecule has 0 radical (unpaired) electrons. The average Bonchev–Trinajstić information content (AvgIpc) is 3.29. The van der Waals surface area contributed by atoms with Crippen LogP contribution in [-0.4, -0.2) is 52.2 Å². The number of sulfonamides is 1. The number of anilines is 2. The van der Waals surface area contributed by atoms with Crippen LogP contribution in [-0.2, 0) is 23.6 Å². The number of para-hydroxylation sites is 2. The molecule has 0 bridgehead atoms. The molecule has 34 heavy (non-hydrogen) atoms. The molecule has 1 saturated heterocycles. The number of aromatic nitrogens is 4. The minimum Gasteiger partial charge on any atom is -0.364 e. The molecule has 0 saturated carbocycles. The Balaban J connectivity index is 1.34. The fourth-order valence-electron chi connectivity index (χ4n) is 4.17. The van der Waals surface area contributed by atoms with E-state index in [0.717, 1.165) is 32.5 Å². The van der Waals surface area contributed by atoms with Crippen LogP contribution in [0.1, 0.15) is 18.4 Å². The molecule has 0 spiro atoms. The van der Waals surface area contributed by atoms with Gasteiger partial charge in [-0.3, -0.25) is 14.3 Å². The van der Waals surface area contributed by atoms with Gasteiger partial charge in [-0.2, -0.15) is 5.10 Å². The van der Waals surface area contributed by atoms with Crippen molar-refractivity contribution in [2.75, 3.05) is 23.1 Å². The normalized spacial score (nSPS) is 15.4. The maximum Gasteiger partial charge on any atom is 0.266 e. The predicted octanol–water partition coefficient (Wildman–Crippen LogP) is 3.24. The molecule has 2 aromatic heterocycles. The van der Waals surface area contributed by atoms with Gasteiger partial charge in [0.05, 0.1) is 17.2 Å². The standard InChI is InChI=1S/C24H27N7O2S/c1-30-17-20(15-25-30)34(32,33)29-24-23(27-21-9-5-6-10-22(21)28-24)26-19-11-13-31(14-12-19)16-18-7-3-2-4-8-18/h2-10,15,17,19H,11-14,16H2,1H3,(H,26,27)(H,28,29). The van der Waals surface area contributed by atoms with Gasteiger partial charge in [-0.1, -0.05) is 42.5 Å². The van der Waals surface area contributed by atoms with E-state index in [2.05, 4.69) is 49.3 Å². The second-order valence-electron chi connectivity index (χ2n) is 8.55. The topological polar surface area (TPSA) is 105 Å². The lowest BCUT2D eigenvalue weighted by molar-refractivity contribution is 0.211. The molecule has 9 nitrogen and oxygen atoms in total. The maximum atomic E-state index is 12.9. The molecular weight excluding hydrogens is 450 g/mol. The highest BCUT2D eigenvalue weighted by atomic mass is 32.2. The second kappa shape index (κ2) is 9.40. The quantitative estimate of drug-likeness (QED) is 0.421. The van der Waals surface area contributed by atoms with Crippen molar-refractivity contribution in [2.24, 2.45) is 7.05 Å². The van der Waals surface area contributed by atoms with Crippen LogP contribution in [0.5, 0.6) is 0 Å². The van der Waals surface area contributed by atoms with Crippen LogP contribution in [0.25, 0.3) is 11.0 Å². The molecule has 1 aliphatic heterocycles. The highest BCUT2D eigenvalue weighted by Crippen LogP contribution is 2.26. The number of hydrogen-bond donors (Lipinski definition) is 2. The molecule has 0 amide bonds. The van der Waals surface area contributed by atoms with Gasteiger partial charge in [0.25, 0.3) is 10.0 Å². The molecule has 1 aliphatic rings. The number of likely N-dealkylation sites (tertiary alicyclic amines) is 1. The Morgan fingerprint density at radius 2 is 1.59 bits per heavy atom. The Kier molecular flexibility index (Phi) is 6.16. The fourth-order valence-corrected chi connectivity index (χ4v) is 5.16. The van der Waals surface area contributed by atoms with Crippen molar-refractivity contribution in [1.82, 2.24) is 24.6 Å². The number of benzene rings is 2. The van der Waals surface area contributed by atoms with E-state index in [4.69, 9.17) is 4.98 Å². The number of rotatable bonds is 7. The van der Waals surface area contributed by atoms with E-state index >= 15 is 0 Å². The summed E-state index contributed by atoms with van der Waals surface area (Å²) >= 11 is 0. The van der Waals surface area contributed by atoms with E-state index in [1.54, 1.807) is 7.05 Å². The van der Waals surface area contributed by atoms with Crippen molar-refractivity contribution in [3.05, 3.63) is 72.6 Å². The summed E-state index contributed by atoms with van der Waals surface area (Å²) < 4.78 is 30.0. The predicted molar refractivity (Wildman–Crippen MR) is 132 cm³/mol. The minimum absolute atomic E-state index is 0.0742. The summed E-state index contributed by atoms with van der Waals surface area (Å²) in [6, 6.07) is 18.1. The molecule has 10 heteroatoms. The van der Waals surface area contributed by atoms with Crippen LogP contribution in [0.4, 0.5) is 11.6 Å². The molecule has 5 rings (SSSR count). The van der Waals surface area contributed by atoms with Crippen molar-refractivity contribution in [1.29, 1.82) is 0 Å². The van der Waals surface area contributed by atoms with Crippen LogP contribution in [0, 0.1) is 0 Å². The summed E-state index contributed by atoms with van der Waals surface area (Å²) in [7, 11) is -2.18. The van der Waals surface area contributed by atoms with Gasteiger partial charge < -0.3 is 5.32 Å². The van der Waals surface area contributed by atoms with Gasteiger partial charge in [-0.25, -0.2) is 18.4 Å². The van der Waals surface area contributed by atoms with E-state index in [-0.39, 0.29) is 16.8 Å². The van der Waals surface area contributed by atoms with Crippen molar-refractivity contribution < 1.29 is 8.42 Å². The van der Waals surface area contributed by atoms with E-state index in [1.807, 2.05) is 30.3 Å². The molecule has 0 atom stereocenters. The summed E-state index contributed by atoms with van der Waals surface area (Å²) in [6.45, 7) is 2.83. The smallest absolute Gasteiger partial charge is 0.266 e. The van der Waals surface area contributed by atoms with E-state index in [0.29, 0.717) is 16.9 Å². The van der Waals surface area contributed by atoms with Crippen molar-refractivity contribution in [2.45, 2.75) is 30.3 Å². The zero-order valence-corrected chi connectivity index (χ0v) is 19.7. The molecule has 176 valence electrons. The van der Waals surface area contributed by atoms with Crippen LogP contribution >= 0.6 is 0 Å². The van der Waals surface area contributed by atoms with Crippen molar-refractivity contribution >= 4 is 32.7 Å². The van der Waals surface area contributed by atoms with Gasteiger partial charge in [-0.05, 0) is 30.5 Å².